The Labute approximate surface area is 207 Å². The Morgan fingerprint density at radius 3 is 2.36 bits per heavy atom. The molecule has 1 aliphatic rings. The third-order valence-corrected chi connectivity index (χ3v) is 7.76. The molecule has 1 aliphatic heterocycles. The van der Waals surface area contributed by atoms with Crippen molar-refractivity contribution in [2.75, 3.05) is 19.3 Å². The second kappa shape index (κ2) is 9.23. The first-order valence-electron chi connectivity index (χ1n) is 11.5. The molecular weight excluding hydrogens is 485 g/mol. The molecule has 0 amide bonds. The number of nitrogens with zero attached hydrogens (tertiary/aromatic N) is 5. The summed E-state index contributed by atoms with van der Waals surface area (Å²) in [4.78, 5) is 20.0. The molecule has 0 atom stereocenters. The van der Waals surface area contributed by atoms with Crippen LogP contribution in [-0.4, -0.2) is 62.7 Å². The average Bonchev–Trinajstić information content (AvgIpc) is 3.28. The van der Waals surface area contributed by atoms with Crippen LogP contribution in [0, 0.1) is 5.82 Å². The number of likely N-dealkylation sites (tertiary alicyclic amines) is 1. The highest BCUT2D eigenvalue weighted by Gasteiger charge is 2.33. The number of rotatable bonds is 6. The van der Waals surface area contributed by atoms with Crippen LogP contribution in [0.5, 0.6) is 0 Å². The Hall–Kier alpha value is -3.41. The van der Waals surface area contributed by atoms with Gasteiger partial charge in [-0.05, 0) is 54.8 Å². The first-order chi connectivity index (χ1) is 17.1. The molecule has 188 valence electrons. The van der Waals surface area contributed by atoms with Crippen LogP contribution >= 0.6 is 0 Å². The van der Waals surface area contributed by atoms with Crippen molar-refractivity contribution in [1.29, 1.82) is 0 Å². The normalized spacial score (nSPS) is 16.4. The van der Waals surface area contributed by atoms with Crippen LogP contribution in [-0.2, 0) is 22.9 Å². The fourth-order valence-electron chi connectivity index (χ4n) is 4.54. The number of halogens is 1. The lowest BCUT2D eigenvalue weighted by Gasteiger charge is -2.38. The van der Waals surface area contributed by atoms with Gasteiger partial charge in [-0.25, -0.2) is 22.5 Å². The van der Waals surface area contributed by atoms with E-state index in [9.17, 15) is 22.7 Å². The Morgan fingerprint density at radius 1 is 1.06 bits per heavy atom. The predicted molar refractivity (Wildman–Crippen MR) is 132 cm³/mol. The second-order valence-electron chi connectivity index (χ2n) is 9.36. The van der Waals surface area contributed by atoms with Crippen molar-refractivity contribution < 1.29 is 17.9 Å². The van der Waals surface area contributed by atoms with Crippen molar-refractivity contribution in [3.8, 4) is 5.69 Å². The van der Waals surface area contributed by atoms with Gasteiger partial charge in [0.2, 0.25) is 0 Å². The predicted octanol–water partition coefficient (Wildman–Crippen LogP) is 2.15. The topological polar surface area (TPSA) is 110 Å². The highest BCUT2D eigenvalue weighted by molar-refractivity contribution is 7.90. The summed E-state index contributed by atoms with van der Waals surface area (Å²) < 4.78 is 39.4. The molecular formula is C25H26FN5O4S. The summed E-state index contributed by atoms with van der Waals surface area (Å²) in [6.07, 6.45) is 5.00. The minimum absolute atomic E-state index is 0.118. The van der Waals surface area contributed by atoms with Crippen LogP contribution in [0.25, 0.3) is 16.7 Å². The van der Waals surface area contributed by atoms with E-state index in [1.807, 2.05) is 12.1 Å². The van der Waals surface area contributed by atoms with E-state index in [2.05, 4.69) is 15.0 Å². The summed E-state index contributed by atoms with van der Waals surface area (Å²) in [5.74, 6) is -0.366. The zero-order valence-corrected chi connectivity index (χ0v) is 20.5. The van der Waals surface area contributed by atoms with E-state index in [1.165, 1.54) is 40.2 Å². The van der Waals surface area contributed by atoms with Crippen LogP contribution in [0.3, 0.4) is 0 Å². The van der Waals surface area contributed by atoms with E-state index >= 15 is 0 Å². The molecule has 0 radical (unpaired) electrons. The van der Waals surface area contributed by atoms with E-state index in [1.54, 1.807) is 24.3 Å². The molecule has 0 spiro atoms. The molecule has 3 heterocycles. The van der Waals surface area contributed by atoms with Gasteiger partial charge in [-0.3, -0.25) is 14.3 Å². The minimum Gasteiger partial charge on any atom is -0.388 e. The van der Waals surface area contributed by atoms with Crippen LogP contribution in [0.15, 0.2) is 70.7 Å². The van der Waals surface area contributed by atoms with E-state index in [0.717, 1.165) is 5.56 Å². The van der Waals surface area contributed by atoms with Crippen molar-refractivity contribution >= 4 is 20.9 Å². The highest BCUT2D eigenvalue weighted by atomic mass is 32.2. The summed E-state index contributed by atoms with van der Waals surface area (Å²) in [5, 5.41) is 15.8. The third kappa shape index (κ3) is 4.95. The SMILES string of the molecule is CS(=O)(=O)c1ccc(CN2CCC(O)(Cn3cnc4c(cnn4-c4ccc(F)cc4)c3=O)CC2)cc1. The lowest BCUT2D eigenvalue weighted by atomic mass is 9.91. The van der Waals surface area contributed by atoms with Gasteiger partial charge in [0, 0.05) is 25.9 Å². The zero-order chi connectivity index (χ0) is 25.5. The smallest absolute Gasteiger partial charge is 0.264 e. The molecule has 1 N–H and O–H groups in total. The van der Waals surface area contributed by atoms with Gasteiger partial charge in [0.15, 0.2) is 15.5 Å². The van der Waals surface area contributed by atoms with Crippen LogP contribution in [0.2, 0.25) is 0 Å². The summed E-state index contributed by atoms with van der Waals surface area (Å²) in [7, 11) is -3.23. The van der Waals surface area contributed by atoms with E-state index in [-0.39, 0.29) is 17.9 Å². The van der Waals surface area contributed by atoms with Crippen LogP contribution in [0.4, 0.5) is 4.39 Å². The van der Waals surface area contributed by atoms with Gasteiger partial charge in [0.1, 0.15) is 17.5 Å². The number of hydrogen-bond donors (Lipinski definition) is 1. The zero-order valence-electron chi connectivity index (χ0n) is 19.7. The number of aliphatic hydroxyl groups is 1. The molecule has 2 aromatic heterocycles. The Kier molecular flexibility index (Phi) is 6.23. The third-order valence-electron chi connectivity index (χ3n) is 6.63. The average molecular weight is 512 g/mol. The fourth-order valence-corrected chi connectivity index (χ4v) is 5.17. The lowest BCUT2D eigenvalue weighted by Crippen LogP contribution is -2.47. The number of fused-ring (bicyclic) bond motifs is 1. The van der Waals surface area contributed by atoms with Gasteiger partial charge in [0.25, 0.3) is 5.56 Å². The molecule has 0 saturated carbocycles. The maximum Gasteiger partial charge on any atom is 0.264 e. The van der Waals surface area contributed by atoms with Gasteiger partial charge in [-0.1, -0.05) is 12.1 Å². The van der Waals surface area contributed by atoms with Crippen molar-refractivity contribution in [2.24, 2.45) is 0 Å². The fraction of sp³-hybridized carbons (Fsp3) is 0.320. The summed E-state index contributed by atoms with van der Waals surface area (Å²) in [6, 6.07) is 12.6. The molecule has 1 saturated heterocycles. The van der Waals surface area contributed by atoms with Gasteiger partial charge in [-0.2, -0.15) is 5.10 Å². The molecule has 2 aromatic carbocycles. The highest BCUT2D eigenvalue weighted by Crippen LogP contribution is 2.25. The maximum atomic E-state index is 13.3. The van der Waals surface area contributed by atoms with Crippen LogP contribution in [0.1, 0.15) is 18.4 Å². The quantitative estimate of drug-likeness (QED) is 0.422. The number of sulfone groups is 1. The number of hydrogen-bond acceptors (Lipinski definition) is 7. The Morgan fingerprint density at radius 2 is 1.72 bits per heavy atom. The first kappa shape index (κ1) is 24.3. The van der Waals surface area contributed by atoms with Crippen molar-refractivity contribution in [1.82, 2.24) is 24.2 Å². The second-order valence-corrected chi connectivity index (χ2v) is 11.4. The number of benzene rings is 2. The van der Waals surface area contributed by atoms with Crippen molar-refractivity contribution in [3.63, 3.8) is 0 Å². The van der Waals surface area contributed by atoms with Gasteiger partial charge < -0.3 is 5.11 Å². The standard InChI is InChI=1S/C25H26FN5O4S/c1-36(34,35)21-8-2-18(3-9-21)15-29-12-10-25(33,11-13-29)16-30-17-27-23-22(24(30)32)14-28-31(23)20-6-4-19(26)5-7-20/h2-9,14,17,33H,10-13,15-16H2,1H3. The maximum absolute atomic E-state index is 13.3. The lowest BCUT2D eigenvalue weighted by molar-refractivity contribution is -0.0364. The summed E-state index contributed by atoms with van der Waals surface area (Å²) in [6.45, 7) is 2.04. The number of piperidine rings is 1. The molecule has 11 heteroatoms. The molecule has 0 unspecified atom stereocenters. The van der Waals surface area contributed by atoms with Gasteiger partial charge in [0.05, 0.1) is 28.9 Å². The first-order valence-corrected chi connectivity index (χ1v) is 13.4. The molecule has 9 nitrogen and oxygen atoms in total. The van der Waals surface area contributed by atoms with Crippen molar-refractivity contribution in [3.05, 3.63) is 82.8 Å². The van der Waals surface area contributed by atoms with Gasteiger partial charge >= 0.3 is 0 Å². The van der Waals surface area contributed by atoms with Crippen LogP contribution < -0.4 is 5.56 Å². The molecule has 0 bridgehead atoms. The minimum atomic E-state index is -3.23. The summed E-state index contributed by atoms with van der Waals surface area (Å²) >= 11 is 0. The molecule has 1 fully saturated rings. The number of aromatic nitrogens is 4. The monoisotopic (exact) mass is 511 g/mol. The van der Waals surface area contributed by atoms with Crippen molar-refractivity contribution in [2.45, 2.75) is 36.4 Å². The van der Waals surface area contributed by atoms with E-state index < -0.39 is 15.4 Å². The molecule has 4 aromatic rings. The van der Waals surface area contributed by atoms with E-state index in [4.69, 9.17) is 0 Å². The Bertz CT molecular complexity index is 1560. The molecule has 0 aliphatic carbocycles. The molecule has 36 heavy (non-hydrogen) atoms. The summed E-state index contributed by atoms with van der Waals surface area (Å²) in [5.41, 5.74) is 0.606. The largest absolute Gasteiger partial charge is 0.388 e. The van der Waals surface area contributed by atoms with Gasteiger partial charge in [-0.15, -0.1) is 0 Å². The molecule has 5 rings (SSSR count). The Balaban J connectivity index is 1.26. The van der Waals surface area contributed by atoms with E-state index in [0.29, 0.717) is 54.1 Å².